The van der Waals surface area contributed by atoms with Gasteiger partial charge in [0.1, 0.15) is 23.1 Å². The lowest BCUT2D eigenvalue weighted by molar-refractivity contribution is -0.129. The first kappa shape index (κ1) is 46.2. The number of benzene rings is 3. The maximum Gasteiger partial charge on any atom is 0.219 e. The smallest absolute Gasteiger partial charge is 0.219 e. The Labute approximate surface area is 279 Å². The average Bonchev–Trinajstić information content (AvgIpc) is 2.98. The molecule has 1 aliphatic rings. The molecular weight excluding hydrogens is 574 g/mol. The largest absolute Gasteiger partial charge is 0.343 e. The van der Waals surface area contributed by atoms with Crippen molar-refractivity contribution in [1.29, 1.82) is 0 Å². The molecule has 1 heterocycles. The van der Waals surface area contributed by atoms with E-state index in [1.807, 2.05) is 95.9 Å². The number of ketones is 4. The Bertz CT molecular complexity index is 1160. The van der Waals surface area contributed by atoms with Gasteiger partial charge >= 0.3 is 0 Å². The van der Waals surface area contributed by atoms with Crippen molar-refractivity contribution in [2.24, 2.45) is 0 Å². The maximum atomic E-state index is 10.7. The highest BCUT2D eigenvalue weighted by Gasteiger charge is 2.11. The van der Waals surface area contributed by atoms with Gasteiger partial charge < -0.3 is 14.5 Å². The summed E-state index contributed by atoms with van der Waals surface area (Å²) >= 11 is 0. The van der Waals surface area contributed by atoms with Crippen LogP contribution in [0.2, 0.25) is 0 Å². The maximum absolute atomic E-state index is 10.7. The van der Waals surface area contributed by atoms with E-state index in [2.05, 4.69) is 0 Å². The van der Waals surface area contributed by atoms with E-state index in [0.29, 0.717) is 19.3 Å². The molecule has 0 N–H and O–H groups in total. The van der Waals surface area contributed by atoms with Gasteiger partial charge in [-0.15, -0.1) is 0 Å². The number of hydrogen-bond donors (Lipinski definition) is 0. The third-order valence-corrected chi connectivity index (χ3v) is 6.00. The van der Waals surface area contributed by atoms with E-state index in [9.17, 15) is 24.0 Å². The highest BCUT2D eigenvalue weighted by Crippen LogP contribution is 2.07. The first-order chi connectivity index (χ1) is 20.9. The monoisotopic (exact) mass is 633 g/mol. The van der Waals surface area contributed by atoms with Crippen LogP contribution >= 0.6 is 0 Å². The van der Waals surface area contributed by atoms with Crippen LogP contribution in [0.15, 0.2) is 91.0 Å². The van der Waals surface area contributed by atoms with E-state index in [0.717, 1.165) is 30.6 Å². The van der Waals surface area contributed by atoms with Crippen LogP contribution in [0.5, 0.6) is 0 Å². The van der Waals surface area contributed by atoms with Crippen molar-refractivity contribution in [3.63, 3.8) is 0 Å². The van der Waals surface area contributed by atoms with Gasteiger partial charge in [-0.2, -0.15) is 0 Å². The van der Waals surface area contributed by atoms with Gasteiger partial charge in [0.15, 0.2) is 0 Å². The summed E-state index contributed by atoms with van der Waals surface area (Å²) in [6.45, 7) is 11.5. The SMILES string of the molecule is C.C.CC(=O)CCc1ccccc1.CC(=O)Cc1ccccc1.CC(=O)Cc1ccccc1.CC(=O)N1CCCCC1.CC(C)=O. The number of likely N-dealkylation sites (tertiary alicyclic amines) is 1. The summed E-state index contributed by atoms with van der Waals surface area (Å²) in [7, 11) is 0. The molecule has 1 saturated heterocycles. The van der Waals surface area contributed by atoms with Crippen molar-refractivity contribution >= 4 is 29.0 Å². The molecule has 3 aromatic rings. The third-order valence-electron chi connectivity index (χ3n) is 6.00. The molecule has 1 amide bonds. The molecule has 3 aromatic carbocycles. The molecule has 6 nitrogen and oxygen atoms in total. The minimum absolute atomic E-state index is 0. The number of nitrogens with zero attached hydrogens (tertiary/aromatic N) is 1. The quantitative estimate of drug-likeness (QED) is 0.260. The zero-order valence-electron chi connectivity index (χ0n) is 27.5. The number of aryl methyl sites for hydroxylation is 1. The molecule has 0 bridgehead atoms. The number of piperidine rings is 1. The molecule has 0 radical (unpaired) electrons. The number of Topliss-reactive ketones (excluding diaryl/α,β-unsaturated/α-hetero) is 4. The van der Waals surface area contributed by atoms with Crippen molar-refractivity contribution in [2.45, 2.75) is 101 Å². The molecule has 4 rings (SSSR count). The topological polar surface area (TPSA) is 88.6 Å². The highest BCUT2D eigenvalue weighted by atomic mass is 16.2. The van der Waals surface area contributed by atoms with Gasteiger partial charge in [0.2, 0.25) is 5.91 Å². The van der Waals surface area contributed by atoms with Crippen LogP contribution in [0.1, 0.15) is 98.8 Å². The Balaban J connectivity index is -0.000000509. The average molecular weight is 634 g/mol. The fraction of sp³-hybridized carbons (Fsp3) is 0.425. The van der Waals surface area contributed by atoms with Gasteiger partial charge in [-0.25, -0.2) is 0 Å². The molecule has 0 atom stereocenters. The van der Waals surface area contributed by atoms with Crippen LogP contribution in [0.4, 0.5) is 0 Å². The van der Waals surface area contributed by atoms with Crippen LogP contribution in [-0.2, 0) is 43.2 Å². The van der Waals surface area contributed by atoms with E-state index in [1.165, 1.54) is 38.7 Å². The molecule has 46 heavy (non-hydrogen) atoms. The summed E-state index contributed by atoms with van der Waals surface area (Å²) in [6.07, 6.45) is 6.32. The number of carbonyl (C=O) groups is 5. The minimum Gasteiger partial charge on any atom is -0.343 e. The fourth-order valence-electron chi connectivity index (χ4n) is 3.94. The van der Waals surface area contributed by atoms with E-state index in [1.54, 1.807) is 27.7 Å². The molecule has 1 fully saturated rings. The Morgan fingerprint density at radius 2 is 0.826 bits per heavy atom. The van der Waals surface area contributed by atoms with Crippen molar-refractivity contribution in [1.82, 2.24) is 4.90 Å². The lowest BCUT2D eigenvalue weighted by Gasteiger charge is -2.24. The first-order valence-corrected chi connectivity index (χ1v) is 15.2. The lowest BCUT2D eigenvalue weighted by Crippen LogP contribution is -2.33. The summed E-state index contributed by atoms with van der Waals surface area (Å²) < 4.78 is 0. The van der Waals surface area contributed by atoms with Gasteiger partial charge in [0.25, 0.3) is 0 Å². The minimum atomic E-state index is 0. The van der Waals surface area contributed by atoms with Crippen molar-refractivity contribution in [2.75, 3.05) is 13.1 Å². The summed E-state index contributed by atoms with van der Waals surface area (Å²) in [4.78, 5) is 53.9. The molecule has 0 unspecified atom stereocenters. The van der Waals surface area contributed by atoms with Gasteiger partial charge in [-0.1, -0.05) is 106 Å². The predicted molar refractivity (Wildman–Crippen MR) is 193 cm³/mol. The first-order valence-electron chi connectivity index (χ1n) is 15.2. The molecule has 6 heteroatoms. The molecule has 0 saturated carbocycles. The van der Waals surface area contributed by atoms with Crippen molar-refractivity contribution in [3.05, 3.63) is 108 Å². The molecule has 0 aromatic heterocycles. The zero-order chi connectivity index (χ0) is 33.2. The highest BCUT2D eigenvalue weighted by molar-refractivity contribution is 5.78. The Morgan fingerprint density at radius 1 is 0.500 bits per heavy atom. The van der Waals surface area contributed by atoms with E-state index in [-0.39, 0.29) is 43.9 Å². The van der Waals surface area contributed by atoms with Crippen molar-refractivity contribution < 1.29 is 24.0 Å². The Morgan fingerprint density at radius 3 is 1.09 bits per heavy atom. The zero-order valence-corrected chi connectivity index (χ0v) is 27.5. The van der Waals surface area contributed by atoms with Gasteiger partial charge in [0, 0.05) is 39.3 Å². The molecule has 1 aliphatic heterocycles. The molecular formula is C40H59NO5. The van der Waals surface area contributed by atoms with Gasteiger partial charge in [-0.3, -0.25) is 14.4 Å². The number of hydrogen-bond acceptors (Lipinski definition) is 5. The van der Waals surface area contributed by atoms with Crippen LogP contribution in [0.25, 0.3) is 0 Å². The number of rotatable bonds is 7. The van der Waals surface area contributed by atoms with E-state index in [4.69, 9.17) is 0 Å². The van der Waals surface area contributed by atoms with Crippen LogP contribution in [-0.4, -0.2) is 47.0 Å². The third kappa shape index (κ3) is 29.9. The molecule has 0 spiro atoms. The predicted octanol–water partition coefficient (Wildman–Crippen LogP) is 8.73. The van der Waals surface area contributed by atoms with Crippen LogP contribution < -0.4 is 0 Å². The second-order valence-electron chi connectivity index (χ2n) is 10.9. The molecule has 254 valence electrons. The molecule has 0 aliphatic carbocycles. The summed E-state index contributed by atoms with van der Waals surface area (Å²) in [5.74, 6) is 1.08. The number of carbonyl (C=O) groups excluding carboxylic acids is 5. The van der Waals surface area contributed by atoms with Crippen LogP contribution in [0.3, 0.4) is 0 Å². The summed E-state index contributed by atoms with van der Waals surface area (Å²) in [5.41, 5.74) is 3.42. The fourth-order valence-corrected chi connectivity index (χ4v) is 3.94. The Kier molecular flexibility index (Phi) is 29.7. The van der Waals surface area contributed by atoms with E-state index >= 15 is 0 Å². The van der Waals surface area contributed by atoms with Crippen LogP contribution in [0, 0.1) is 0 Å². The number of amides is 1. The second-order valence-corrected chi connectivity index (χ2v) is 10.9. The summed E-state index contributed by atoms with van der Waals surface area (Å²) in [6, 6.07) is 29.6. The van der Waals surface area contributed by atoms with Gasteiger partial charge in [-0.05, 0) is 77.0 Å². The van der Waals surface area contributed by atoms with E-state index < -0.39 is 0 Å². The summed E-state index contributed by atoms with van der Waals surface area (Å²) in [5, 5.41) is 0. The van der Waals surface area contributed by atoms with Gasteiger partial charge in [0.05, 0.1) is 0 Å². The normalized spacial score (nSPS) is 10.8. The lowest BCUT2D eigenvalue weighted by atomic mass is 10.1. The standard InChI is InChI=1S/C10H12O.2C9H10O.C7H13NO.C3H6O.2CH4/c1-9(11)7-8-10-5-3-2-4-6-10;2*1-8(10)7-9-5-3-2-4-6-9;1-7(9)8-5-3-2-4-6-8;1-3(2)4;;/h2-6H,7-8H2,1H3;2*2-6H,7H2,1H3;2-6H2,1H3;1-2H3;2*1H4. The van der Waals surface area contributed by atoms with Crippen molar-refractivity contribution in [3.8, 4) is 0 Å². The Hall–Kier alpha value is -4.19. The second kappa shape index (κ2) is 29.5.